The fourth-order valence-electron chi connectivity index (χ4n) is 2.78. The second-order valence-electron chi connectivity index (χ2n) is 5.07. The molecule has 1 aliphatic carbocycles. The third-order valence-corrected chi connectivity index (χ3v) is 4.82. The van der Waals surface area contributed by atoms with E-state index < -0.39 is 0 Å². The molecule has 3 heterocycles. The molecule has 0 spiro atoms. The summed E-state index contributed by atoms with van der Waals surface area (Å²) in [6, 6.07) is 0. The third-order valence-electron chi connectivity index (χ3n) is 3.63. The number of aryl methyl sites for hydroxylation is 3. The van der Waals surface area contributed by atoms with Crippen LogP contribution in [-0.4, -0.2) is 15.0 Å². The van der Waals surface area contributed by atoms with E-state index in [0.717, 1.165) is 29.5 Å². The van der Waals surface area contributed by atoms with Crippen molar-refractivity contribution >= 4 is 21.6 Å². The van der Waals surface area contributed by atoms with Gasteiger partial charge in [-0.25, -0.2) is 9.97 Å². The molecular weight excluding hydrogens is 274 g/mol. The number of thiophene rings is 1. The zero-order valence-electron chi connectivity index (χ0n) is 11.0. The Hall–Kier alpha value is -1.95. The molecule has 0 bridgehead atoms. The van der Waals surface area contributed by atoms with E-state index in [1.165, 1.54) is 10.4 Å². The maximum Gasteiger partial charge on any atom is 0.259 e. The highest BCUT2D eigenvalue weighted by Gasteiger charge is 2.21. The van der Waals surface area contributed by atoms with Gasteiger partial charge in [0.2, 0.25) is 0 Å². The Morgan fingerprint density at radius 2 is 2.35 bits per heavy atom. The maximum atomic E-state index is 12.3. The van der Waals surface area contributed by atoms with Gasteiger partial charge in [-0.3, -0.25) is 4.79 Å². The number of aromatic amines is 1. The molecule has 4 rings (SSSR count). The number of rotatable bonds is 2. The number of H-pyrrole nitrogens is 1. The van der Waals surface area contributed by atoms with Crippen LogP contribution in [0, 0.1) is 6.92 Å². The highest BCUT2D eigenvalue weighted by atomic mass is 32.1. The van der Waals surface area contributed by atoms with Gasteiger partial charge in [0.1, 0.15) is 16.4 Å². The van der Waals surface area contributed by atoms with Crippen LogP contribution >= 0.6 is 11.3 Å². The summed E-state index contributed by atoms with van der Waals surface area (Å²) in [7, 11) is 0. The molecule has 20 heavy (non-hydrogen) atoms. The lowest BCUT2D eigenvalue weighted by Gasteiger charge is -1.99. The van der Waals surface area contributed by atoms with Crippen LogP contribution in [0.3, 0.4) is 0 Å². The predicted octanol–water partition coefficient (Wildman–Crippen LogP) is 2.36. The summed E-state index contributed by atoms with van der Waals surface area (Å²) in [5.74, 6) is 1.98. The van der Waals surface area contributed by atoms with Crippen molar-refractivity contribution in [2.75, 3.05) is 0 Å². The summed E-state index contributed by atoms with van der Waals surface area (Å²) >= 11 is 1.65. The summed E-state index contributed by atoms with van der Waals surface area (Å²) < 4.78 is 5.43. The summed E-state index contributed by atoms with van der Waals surface area (Å²) in [5.41, 5.74) is 1.18. The Balaban J connectivity index is 1.80. The molecule has 0 radical (unpaired) electrons. The molecule has 0 aromatic carbocycles. The maximum absolute atomic E-state index is 12.3. The van der Waals surface area contributed by atoms with E-state index in [9.17, 15) is 4.79 Å². The Labute approximate surface area is 118 Å². The molecule has 102 valence electrons. The molecular formula is C14H13N3O2S. The number of hydrogen-bond donors (Lipinski definition) is 1. The molecule has 1 N–H and O–H groups in total. The molecule has 3 aromatic rings. The van der Waals surface area contributed by atoms with Crippen molar-refractivity contribution in [2.24, 2.45) is 0 Å². The van der Waals surface area contributed by atoms with Crippen LogP contribution in [0.4, 0.5) is 0 Å². The van der Waals surface area contributed by atoms with Crippen molar-refractivity contribution in [3.63, 3.8) is 0 Å². The number of oxazole rings is 1. The molecule has 6 heteroatoms. The average Bonchev–Trinajstić information content (AvgIpc) is 3.04. The summed E-state index contributed by atoms with van der Waals surface area (Å²) in [6.45, 7) is 1.80. The first-order chi connectivity index (χ1) is 9.70. The van der Waals surface area contributed by atoms with E-state index in [2.05, 4.69) is 15.0 Å². The number of nitrogens with zero attached hydrogens (tertiary/aromatic N) is 2. The third kappa shape index (κ3) is 1.79. The van der Waals surface area contributed by atoms with Crippen LogP contribution in [0.2, 0.25) is 0 Å². The fourth-order valence-corrected chi connectivity index (χ4v) is 4.06. The SMILES string of the molecule is Cc1ncc(Cc2nc3sc4c(c3c(=O)[nH]2)CCC4)o1. The number of nitrogens with one attached hydrogen (secondary N) is 1. The van der Waals surface area contributed by atoms with Crippen molar-refractivity contribution in [3.8, 4) is 0 Å². The lowest BCUT2D eigenvalue weighted by Crippen LogP contribution is -2.12. The first-order valence-corrected chi connectivity index (χ1v) is 7.47. The van der Waals surface area contributed by atoms with Crippen LogP contribution in [0.1, 0.15) is 34.3 Å². The van der Waals surface area contributed by atoms with E-state index in [1.54, 1.807) is 24.5 Å². The monoisotopic (exact) mass is 287 g/mol. The second kappa shape index (κ2) is 4.28. The standard InChI is InChI=1S/C14H13N3O2S/c1-7-15-6-8(19-7)5-11-16-13(18)12-9-3-2-4-10(9)20-14(12)17-11/h6H,2-5H2,1H3,(H,16,17,18). The van der Waals surface area contributed by atoms with Gasteiger partial charge in [0.25, 0.3) is 5.56 Å². The number of aromatic nitrogens is 3. The van der Waals surface area contributed by atoms with Gasteiger partial charge in [-0.05, 0) is 24.8 Å². The normalized spacial score (nSPS) is 14.1. The van der Waals surface area contributed by atoms with Gasteiger partial charge >= 0.3 is 0 Å². The minimum Gasteiger partial charge on any atom is -0.446 e. The molecule has 5 nitrogen and oxygen atoms in total. The Morgan fingerprint density at radius 1 is 1.45 bits per heavy atom. The predicted molar refractivity (Wildman–Crippen MR) is 76.3 cm³/mol. The van der Waals surface area contributed by atoms with Crippen LogP contribution in [0.15, 0.2) is 15.4 Å². The Morgan fingerprint density at radius 3 is 3.15 bits per heavy atom. The lowest BCUT2D eigenvalue weighted by molar-refractivity contribution is 0.481. The summed E-state index contributed by atoms with van der Waals surface area (Å²) in [6.07, 6.45) is 5.37. The number of hydrogen-bond acceptors (Lipinski definition) is 5. The van der Waals surface area contributed by atoms with E-state index in [0.29, 0.717) is 23.9 Å². The minimum absolute atomic E-state index is 0.0272. The molecule has 0 fully saturated rings. The fraction of sp³-hybridized carbons (Fsp3) is 0.357. The first-order valence-electron chi connectivity index (χ1n) is 6.65. The zero-order valence-corrected chi connectivity index (χ0v) is 11.8. The largest absolute Gasteiger partial charge is 0.446 e. The van der Waals surface area contributed by atoms with Crippen molar-refractivity contribution < 1.29 is 4.42 Å². The highest BCUT2D eigenvalue weighted by Crippen LogP contribution is 2.34. The van der Waals surface area contributed by atoms with Crippen LogP contribution < -0.4 is 5.56 Å². The zero-order chi connectivity index (χ0) is 13.7. The van der Waals surface area contributed by atoms with Gasteiger partial charge in [0.05, 0.1) is 18.0 Å². The van der Waals surface area contributed by atoms with Gasteiger partial charge < -0.3 is 9.40 Å². The number of fused-ring (bicyclic) bond motifs is 3. The molecule has 3 aromatic heterocycles. The second-order valence-corrected chi connectivity index (χ2v) is 6.16. The van der Waals surface area contributed by atoms with Crippen LogP contribution in [0.25, 0.3) is 10.2 Å². The van der Waals surface area contributed by atoms with Crippen molar-refractivity contribution in [3.05, 3.63) is 44.5 Å². The summed E-state index contributed by atoms with van der Waals surface area (Å²) in [4.78, 5) is 26.0. The highest BCUT2D eigenvalue weighted by molar-refractivity contribution is 7.18. The van der Waals surface area contributed by atoms with E-state index in [4.69, 9.17) is 4.42 Å². The smallest absolute Gasteiger partial charge is 0.259 e. The van der Waals surface area contributed by atoms with Gasteiger partial charge in [-0.2, -0.15) is 0 Å². The molecule has 0 saturated carbocycles. The Kier molecular flexibility index (Phi) is 2.53. The van der Waals surface area contributed by atoms with Crippen molar-refractivity contribution in [1.29, 1.82) is 0 Å². The van der Waals surface area contributed by atoms with Gasteiger partial charge in [0, 0.05) is 11.8 Å². The van der Waals surface area contributed by atoms with Gasteiger partial charge in [-0.15, -0.1) is 11.3 Å². The molecule has 1 aliphatic rings. The molecule has 0 unspecified atom stereocenters. The van der Waals surface area contributed by atoms with Crippen molar-refractivity contribution in [1.82, 2.24) is 15.0 Å². The van der Waals surface area contributed by atoms with E-state index in [-0.39, 0.29) is 5.56 Å². The van der Waals surface area contributed by atoms with Gasteiger partial charge in [-0.1, -0.05) is 0 Å². The molecule has 0 aliphatic heterocycles. The van der Waals surface area contributed by atoms with Crippen molar-refractivity contribution in [2.45, 2.75) is 32.6 Å². The van der Waals surface area contributed by atoms with Crippen LogP contribution in [-0.2, 0) is 19.3 Å². The van der Waals surface area contributed by atoms with Crippen LogP contribution in [0.5, 0.6) is 0 Å². The average molecular weight is 287 g/mol. The minimum atomic E-state index is -0.0272. The quantitative estimate of drug-likeness (QED) is 0.785. The molecule has 0 amide bonds. The molecule has 0 atom stereocenters. The lowest BCUT2D eigenvalue weighted by atomic mass is 10.2. The van der Waals surface area contributed by atoms with E-state index in [1.807, 2.05) is 0 Å². The first kappa shape index (κ1) is 11.8. The van der Waals surface area contributed by atoms with Gasteiger partial charge in [0.15, 0.2) is 5.89 Å². The molecule has 0 saturated heterocycles. The Bertz CT molecular complexity index is 859. The summed E-state index contributed by atoms with van der Waals surface area (Å²) in [5, 5.41) is 0.792. The topological polar surface area (TPSA) is 71.8 Å². The van der Waals surface area contributed by atoms with E-state index >= 15 is 0 Å².